The molecule has 1 aromatic rings. The van der Waals surface area contributed by atoms with Crippen LogP contribution in [0.15, 0.2) is 18.2 Å². The normalized spacial score (nSPS) is 12.7. The SMILES string of the molecule is CCNC(CCc1cc(F)ccc1F)COC. The van der Waals surface area contributed by atoms with Gasteiger partial charge in [-0.15, -0.1) is 0 Å². The van der Waals surface area contributed by atoms with E-state index in [0.29, 0.717) is 18.6 Å². The molecule has 0 bridgehead atoms. The Morgan fingerprint density at radius 2 is 2.12 bits per heavy atom. The van der Waals surface area contributed by atoms with Gasteiger partial charge in [-0.05, 0) is 43.1 Å². The monoisotopic (exact) mass is 243 g/mol. The van der Waals surface area contributed by atoms with E-state index in [1.54, 1.807) is 7.11 Å². The van der Waals surface area contributed by atoms with Crippen LogP contribution < -0.4 is 5.32 Å². The van der Waals surface area contributed by atoms with Gasteiger partial charge in [-0.1, -0.05) is 6.92 Å². The molecule has 1 atom stereocenters. The average Bonchev–Trinajstić information content (AvgIpc) is 2.30. The van der Waals surface area contributed by atoms with E-state index in [9.17, 15) is 8.78 Å². The molecular formula is C13H19F2NO. The van der Waals surface area contributed by atoms with Gasteiger partial charge < -0.3 is 10.1 Å². The molecule has 1 rings (SSSR count). The Morgan fingerprint density at radius 1 is 1.35 bits per heavy atom. The summed E-state index contributed by atoms with van der Waals surface area (Å²) in [6.07, 6.45) is 1.23. The van der Waals surface area contributed by atoms with Crippen molar-refractivity contribution in [3.8, 4) is 0 Å². The van der Waals surface area contributed by atoms with E-state index in [-0.39, 0.29) is 11.9 Å². The van der Waals surface area contributed by atoms with E-state index < -0.39 is 5.82 Å². The smallest absolute Gasteiger partial charge is 0.126 e. The third kappa shape index (κ3) is 4.79. The number of methoxy groups -OCH3 is 1. The van der Waals surface area contributed by atoms with Crippen molar-refractivity contribution < 1.29 is 13.5 Å². The van der Waals surface area contributed by atoms with E-state index in [1.807, 2.05) is 6.92 Å². The van der Waals surface area contributed by atoms with Crippen LogP contribution >= 0.6 is 0 Å². The highest BCUT2D eigenvalue weighted by Crippen LogP contribution is 2.12. The number of ether oxygens (including phenoxy) is 1. The summed E-state index contributed by atoms with van der Waals surface area (Å²) in [6.45, 7) is 3.41. The minimum absolute atomic E-state index is 0.174. The summed E-state index contributed by atoms with van der Waals surface area (Å²) in [6, 6.07) is 3.73. The first-order valence-electron chi connectivity index (χ1n) is 5.83. The zero-order valence-electron chi connectivity index (χ0n) is 10.3. The molecule has 17 heavy (non-hydrogen) atoms. The Balaban J connectivity index is 2.55. The predicted molar refractivity (Wildman–Crippen MR) is 64.0 cm³/mol. The molecule has 0 aliphatic rings. The highest BCUT2D eigenvalue weighted by atomic mass is 19.1. The first kappa shape index (κ1) is 14.1. The van der Waals surface area contributed by atoms with Gasteiger partial charge in [-0.3, -0.25) is 0 Å². The van der Waals surface area contributed by atoms with E-state index in [0.717, 1.165) is 19.0 Å². The lowest BCUT2D eigenvalue weighted by atomic mass is 10.0. The number of halogens is 2. The average molecular weight is 243 g/mol. The predicted octanol–water partition coefficient (Wildman–Crippen LogP) is 2.52. The maximum atomic E-state index is 13.4. The van der Waals surface area contributed by atoms with Crippen molar-refractivity contribution in [1.29, 1.82) is 0 Å². The van der Waals surface area contributed by atoms with Gasteiger partial charge in [0.15, 0.2) is 0 Å². The number of aryl methyl sites for hydroxylation is 1. The minimum atomic E-state index is -0.395. The van der Waals surface area contributed by atoms with Crippen LogP contribution in [0.4, 0.5) is 8.78 Å². The summed E-state index contributed by atoms with van der Waals surface area (Å²) >= 11 is 0. The molecule has 1 aromatic carbocycles. The molecule has 0 heterocycles. The molecule has 0 amide bonds. The Labute approximate surface area is 101 Å². The molecule has 0 aliphatic heterocycles. The molecule has 4 heteroatoms. The summed E-state index contributed by atoms with van der Waals surface area (Å²) in [5.41, 5.74) is 0.420. The first-order chi connectivity index (χ1) is 8.17. The number of likely N-dealkylation sites (N-methyl/N-ethyl adjacent to an activating group) is 1. The van der Waals surface area contributed by atoms with Crippen molar-refractivity contribution in [2.75, 3.05) is 20.3 Å². The summed E-state index contributed by atoms with van der Waals surface area (Å²) in [5, 5.41) is 3.25. The van der Waals surface area contributed by atoms with Crippen molar-refractivity contribution in [1.82, 2.24) is 5.32 Å². The van der Waals surface area contributed by atoms with Gasteiger partial charge in [-0.2, -0.15) is 0 Å². The summed E-state index contributed by atoms with van der Waals surface area (Å²) in [4.78, 5) is 0. The fourth-order valence-corrected chi connectivity index (χ4v) is 1.80. The number of hydrogen-bond acceptors (Lipinski definition) is 2. The highest BCUT2D eigenvalue weighted by Gasteiger charge is 2.09. The lowest BCUT2D eigenvalue weighted by molar-refractivity contribution is 0.163. The third-order valence-electron chi connectivity index (χ3n) is 2.63. The van der Waals surface area contributed by atoms with Crippen molar-refractivity contribution in [2.24, 2.45) is 0 Å². The van der Waals surface area contributed by atoms with Crippen LogP contribution in [0.3, 0.4) is 0 Å². The fourth-order valence-electron chi connectivity index (χ4n) is 1.80. The molecule has 0 fully saturated rings. The topological polar surface area (TPSA) is 21.3 Å². The first-order valence-corrected chi connectivity index (χ1v) is 5.83. The molecule has 2 nitrogen and oxygen atoms in total. The van der Waals surface area contributed by atoms with Crippen LogP contribution in [-0.2, 0) is 11.2 Å². The zero-order valence-corrected chi connectivity index (χ0v) is 10.3. The van der Waals surface area contributed by atoms with Gasteiger partial charge in [-0.25, -0.2) is 8.78 Å². The van der Waals surface area contributed by atoms with E-state index >= 15 is 0 Å². The van der Waals surface area contributed by atoms with E-state index in [1.165, 1.54) is 12.1 Å². The fraction of sp³-hybridized carbons (Fsp3) is 0.538. The number of rotatable bonds is 7. The van der Waals surface area contributed by atoms with Crippen molar-refractivity contribution in [3.63, 3.8) is 0 Å². The number of nitrogens with one attached hydrogen (secondary N) is 1. The molecule has 0 aliphatic carbocycles. The molecule has 0 spiro atoms. The van der Waals surface area contributed by atoms with Gasteiger partial charge in [0.1, 0.15) is 11.6 Å². The molecule has 0 aromatic heterocycles. The van der Waals surface area contributed by atoms with Crippen LogP contribution in [0, 0.1) is 11.6 Å². The molecule has 96 valence electrons. The highest BCUT2D eigenvalue weighted by molar-refractivity contribution is 5.18. The van der Waals surface area contributed by atoms with Gasteiger partial charge in [0.25, 0.3) is 0 Å². The Hall–Kier alpha value is -1.00. The van der Waals surface area contributed by atoms with Crippen molar-refractivity contribution in [3.05, 3.63) is 35.4 Å². The zero-order chi connectivity index (χ0) is 12.7. The van der Waals surface area contributed by atoms with Crippen LogP contribution in [0.2, 0.25) is 0 Å². The second-order valence-electron chi connectivity index (χ2n) is 3.98. The standard InChI is InChI=1S/C13H19F2NO/c1-3-16-12(9-17-2)6-4-10-8-11(14)5-7-13(10)15/h5,7-8,12,16H,3-4,6,9H2,1-2H3. The Morgan fingerprint density at radius 3 is 2.76 bits per heavy atom. The molecule has 1 N–H and O–H groups in total. The second kappa shape index (κ2) is 7.35. The summed E-state index contributed by atoms with van der Waals surface area (Å²) in [5.74, 6) is -0.743. The van der Waals surface area contributed by atoms with Gasteiger partial charge in [0.05, 0.1) is 6.61 Å². The van der Waals surface area contributed by atoms with Crippen molar-refractivity contribution in [2.45, 2.75) is 25.8 Å². The van der Waals surface area contributed by atoms with Crippen LogP contribution in [0.25, 0.3) is 0 Å². The quantitative estimate of drug-likeness (QED) is 0.794. The Kier molecular flexibility index (Phi) is 6.08. The lowest BCUT2D eigenvalue weighted by Gasteiger charge is -2.16. The minimum Gasteiger partial charge on any atom is -0.383 e. The van der Waals surface area contributed by atoms with E-state index in [2.05, 4.69) is 5.32 Å². The van der Waals surface area contributed by atoms with Gasteiger partial charge in [0.2, 0.25) is 0 Å². The van der Waals surface area contributed by atoms with Crippen LogP contribution in [-0.4, -0.2) is 26.3 Å². The second-order valence-corrected chi connectivity index (χ2v) is 3.98. The summed E-state index contributed by atoms with van der Waals surface area (Å²) < 4.78 is 31.4. The third-order valence-corrected chi connectivity index (χ3v) is 2.63. The van der Waals surface area contributed by atoms with E-state index in [4.69, 9.17) is 4.74 Å². The number of benzene rings is 1. The molecule has 1 unspecified atom stereocenters. The lowest BCUT2D eigenvalue weighted by Crippen LogP contribution is -2.33. The Bertz CT molecular complexity index is 338. The molecular weight excluding hydrogens is 224 g/mol. The maximum Gasteiger partial charge on any atom is 0.126 e. The largest absolute Gasteiger partial charge is 0.383 e. The van der Waals surface area contributed by atoms with Crippen LogP contribution in [0.1, 0.15) is 18.9 Å². The van der Waals surface area contributed by atoms with Gasteiger partial charge >= 0.3 is 0 Å². The molecule has 0 saturated carbocycles. The maximum absolute atomic E-state index is 13.4. The van der Waals surface area contributed by atoms with Crippen molar-refractivity contribution >= 4 is 0 Å². The number of hydrogen-bond donors (Lipinski definition) is 1. The van der Waals surface area contributed by atoms with Crippen LogP contribution in [0.5, 0.6) is 0 Å². The summed E-state index contributed by atoms with van der Waals surface area (Å²) in [7, 11) is 1.63. The van der Waals surface area contributed by atoms with Gasteiger partial charge in [0, 0.05) is 13.2 Å². The molecule has 0 radical (unpaired) electrons. The molecule has 0 saturated heterocycles.